The van der Waals surface area contributed by atoms with Crippen molar-refractivity contribution in [1.29, 1.82) is 0 Å². The van der Waals surface area contributed by atoms with Crippen molar-refractivity contribution >= 4 is 17.8 Å². The zero-order chi connectivity index (χ0) is 23.1. The molecule has 0 aromatic heterocycles. The minimum Gasteiger partial charge on any atom is -0.445 e. The maximum atomic E-state index is 12.8. The third-order valence-corrected chi connectivity index (χ3v) is 4.29. The van der Waals surface area contributed by atoms with Crippen molar-refractivity contribution in [2.75, 3.05) is 0 Å². The van der Waals surface area contributed by atoms with Crippen LogP contribution in [0.1, 0.15) is 80.7 Å². The molecule has 0 unspecified atom stereocenters. The Morgan fingerprint density at radius 1 is 0.871 bits per heavy atom. The van der Waals surface area contributed by atoms with E-state index in [4.69, 9.17) is 4.74 Å². The van der Waals surface area contributed by atoms with E-state index in [0.29, 0.717) is 19.3 Å². The summed E-state index contributed by atoms with van der Waals surface area (Å²) in [7, 11) is 0. The van der Waals surface area contributed by atoms with Gasteiger partial charge in [0, 0.05) is 6.42 Å². The average Bonchev–Trinajstić information content (AvgIpc) is 2.72. The number of hydrogen-bond acceptors (Lipinski definition) is 4. The molecule has 0 fully saturated rings. The van der Waals surface area contributed by atoms with Gasteiger partial charge in [0.1, 0.15) is 12.6 Å². The molecule has 2 N–H and O–H groups in total. The van der Waals surface area contributed by atoms with E-state index in [9.17, 15) is 14.4 Å². The van der Waals surface area contributed by atoms with Crippen LogP contribution in [0, 0.1) is 11.8 Å². The smallest absolute Gasteiger partial charge is 0.408 e. The van der Waals surface area contributed by atoms with E-state index in [-0.39, 0.29) is 37.6 Å². The highest BCUT2D eigenvalue weighted by Crippen LogP contribution is 2.11. The van der Waals surface area contributed by atoms with Crippen molar-refractivity contribution in [1.82, 2.24) is 10.6 Å². The molecule has 1 aromatic carbocycles. The molecule has 0 aliphatic heterocycles. The van der Waals surface area contributed by atoms with Crippen LogP contribution in [0.25, 0.3) is 0 Å². The van der Waals surface area contributed by atoms with Crippen LogP contribution < -0.4 is 10.6 Å². The molecule has 0 heterocycles. The third-order valence-electron chi connectivity index (χ3n) is 4.29. The highest BCUT2D eigenvalue weighted by atomic mass is 16.5. The molecule has 0 saturated heterocycles. The minimum atomic E-state index is -0.748. The molecule has 2 atom stereocenters. The molecule has 6 nitrogen and oxygen atoms in total. The molecule has 0 aliphatic carbocycles. The third kappa shape index (κ3) is 13.5. The summed E-state index contributed by atoms with van der Waals surface area (Å²) in [5, 5.41) is 5.47. The van der Waals surface area contributed by atoms with Gasteiger partial charge in [-0.1, -0.05) is 86.2 Å². The van der Waals surface area contributed by atoms with E-state index in [1.165, 1.54) is 0 Å². The molecule has 0 aliphatic rings. The van der Waals surface area contributed by atoms with E-state index in [0.717, 1.165) is 5.56 Å². The number of ketones is 1. The van der Waals surface area contributed by atoms with Gasteiger partial charge >= 0.3 is 6.09 Å². The van der Waals surface area contributed by atoms with E-state index in [1.807, 2.05) is 71.9 Å². The van der Waals surface area contributed by atoms with Crippen molar-refractivity contribution in [2.24, 2.45) is 11.8 Å². The number of ether oxygens (including phenoxy) is 1. The Hall–Kier alpha value is -2.37. The lowest BCUT2D eigenvalue weighted by atomic mass is 9.97. The van der Waals surface area contributed by atoms with Gasteiger partial charge in [0.2, 0.25) is 5.91 Å². The van der Waals surface area contributed by atoms with Gasteiger partial charge < -0.3 is 15.4 Å². The zero-order valence-electron chi connectivity index (χ0n) is 19.7. The van der Waals surface area contributed by atoms with Gasteiger partial charge in [-0.05, 0) is 30.2 Å². The van der Waals surface area contributed by atoms with Gasteiger partial charge in [-0.25, -0.2) is 4.79 Å². The fourth-order valence-electron chi connectivity index (χ4n) is 2.87. The number of alkyl carbamates (subject to hydrolysis) is 1. The number of rotatable bonds is 11. The zero-order valence-corrected chi connectivity index (χ0v) is 19.7. The Labute approximate surface area is 189 Å². The van der Waals surface area contributed by atoms with Crippen LogP contribution in [-0.4, -0.2) is 29.9 Å². The Balaban J connectivity index is 0. The van der Waals surface area contributed by atoms with Crippen LogP contribution in [0.3, 0.4) is 0 Å². The first kappa shape index (κ1) is 30.8. The maximum Gasteiger partial charge on any atom is 0.408 e. The molecule has 31 heavy (non-hydrogen) atoms. The van der Waals surface area contributed by atoms with Crippen LogP contribution in [0.4, 0.5) is 4.79 Å². The summed E-state index contributed by atoms with van der Waals surface area (Å²) in [6.07, 6.45) is 0.748. The van der Waals surface area contributed by atoms with Crippen LogP contribution in [0.2, 0.25) is 0 Å². The van der Waals surface area contributed by atoms with Crippen molar-refractivity contribution in [3.63, 3.8) is 0 Å². The van der Waals surface area contributed by atoms with Crippen molar-refractivity contribution in [2.45, 2.75) is 93.8 Å². The van der Waals surface area contributed by atoms with Crippen molar-refractivity contribution in [3.8, 4) is 0 Å². The van der Waals surface area contributed by atoms with Gasteiger partial charge in [-0.15, -0.1) is 0 Å². The average molecular weight is 437 g/mol. The lowest BCUT2D eigenvalue weighted by Gasteiger charge is -2.24. The monoisotopic (exact) mass is 436 g/mol. The van der Waals surface area contributed by atoms with Gasteiger partial charge in [-0.3, -0.25) is 9.59 Å². The van der Waals surface area contributed by atoms with Gasteiger partial charge in [0.05, 0.1) is 6.04 Å². The lowest BCUT2D eigenvalue weighted by molar-refractivity contribution is -0.129. The van der Waals surface area contributed by atoms with E-state index >= 15 is 0 Å². The number of Topliss-reactive ketones (excluding diaryl/α,β-unsaturated/α-hetero) is 1. The fraction of sp³-hybridized carbons (Fsp3) is 0.640. The standard InChI is InChI=1S/C22H34N2O4.C2H6.CH4/c1-6-20(25)18(12-15(2)3)23-21(26)19(13-16(4)5)24-22(27)28-14-17-10-8-7-9-11-17;1-2;/h7-11,15-16,18-19H,6,12-14H2,1-5H3,(H,23,26)(H,24,27);1-2H3;1H4/t18-,19-;;/m0../s1. The second-order valence-electron chi connectivity index (χ2n) is 7.90. The van der Waals surface area contributed by atoms with Crippen molar-refractivity contribution in [3.05, 3.63) is 35.9 Å². The van der Waals surface area contributed by atoms with Crippen LogP contribution >= 0.6 is 0 Å². The normalized spacial score (nSPS) is 12.0. The van der Waals surface area contributed by atoms with Crippen LogP contribution in [-0.2, 0) is 20.9 Å². The summed E-state index contributed by atoms with van der Waals surface area (Å²) in [6.45, 7) is 13.9. The number of hydrogen-bond donors (Lipinski definition) is 2. The first-order chi connectivity index (χ1) is 14.2. The fourth-order valence-corrected chi connectivity index (χ4v) is 2.87. The molecule has 0 radical (unpaired) electrons. The van der Waals surface area contributed by atoms with E-state index in [2.05, 4.69) is 10.6 Å². The summed E-state index contributed by atoms with van der Waals surface area (Å²) < 4.78 is 5.23. The Kier molecular flexibility index (Phi) is 17.2. The first-order valence-electron chi connectivity index (χ1n) is 11.0. The molecule has 1 rings (SSSR count). The highest BCUT2D eigenvalue weighted by molar-refractivity contribution is 5.92. The molecule has 2 amide bonds. The molecule has 0 saturated carbocycles. The number of benzene rings is 1. The Morgan fingerprint density at radius 2 is 1.39 bits per heavy atom. The van der Waals surface area contributed by atoms with Gasteiger partial charge in [0.25, 0.3) is 0 Å². The second-order valence-corrected chi connectivity index (χ2v) is 7.90. The predicted molar refractivity (Wildman–Crippen MR) is 128 cm³/mol. The molecular formula is C25H44N2O4. The molecule has 0 bridgehead atoms. The minimum absolute atomic E-state index is 0. The number of carbonyl (C=O) groups is 3. The molecule has 1 aromatic rings. The summed E-state index contributed by atoms with van der Waals surface area (Å²) in [5.41, 5.74) is 0.869. The SMILES string of the molecule is C.CC.CCC(=O)[C@H](CC(C)C)NC(=O)[C@H](CC(C)C)NC(=O)OCc1ccccc1. The Bertz CT molecular complexity index is 630. The number of amides is 2. The number of nitrogens with one attached hydrogen (secondary N) is 2. The molecule has 0 spiro atoms. The largest absolute Gasteiger partial charge is 0.445 e. The second kappa shape index (κ2) is 17.3. The van der Waals surface area contributed by atoms with Crippen LogP contribution in [0.5, 0.6) is 0 Å². The van der Waals surface area contributed by atoms with E-state index in [1.54, 1.807) is 6.92 Å². The molecule has 6 heteroatoms. The van der Waals surface area contributed by atoms with Gasteiger partial charge in [0.15, 0.2) is 5.78 Å². The quantitative estimate of drug-likeness (QED) is 0.480. The summed E-state index contributed by atoms with van der Waals surface area (Å²) in [5.74, 6) is 0.110. The summed E-state index contributed by atoms with van der Waals surface area (Å²) in [4.78, 5) is 37.1. The van der Waals surface area contributed by atoms with E-state index < -0.39 is 18.2 Å². The van der Waals surface area contributed by atoms with Crippen molar-refractivity contribution < 1.29 is 19.1 Å². The number of carbonyl (C=O) groups excluding carboxylic acids is 3. The summed E-state index contributed by atoms with van der Waals surface area (Å²) >= 11 is 0. The summed E-state index contributed by atoms with van der Waals surface area (Å²) in [6, 6.07) is 8.06. The topological polar surface area (TPSA) is 84.5 Å². The predicted octanol–water partition coefficient (Wildman–Crippen LogP) is 5.50. The maximum absolute atomic E-state index is 12.8. The molecular weight excluding hydrogens is 392 g/mol. The van der Waals surface area contributed by atoms with Crippen LogP contribution in [0.15, 0.2) is 30.3 Å². The Morgan fingerprint density at radius 3 is 1.87 bits per heavy atom. The highest BCUT2D eigenvalue weighted by Gasteiger charge is 2.27. The first-order valence-corrected chi connectivity index (χ1v) is 11.0. The lowest BCUT2D eigenvalue weighted by Crippen LogP contribution is -2.52. The van der Waals surface area contributed by atoms with Gasteiger partial charge in [-0.2, -0.15) is 0 Å². The molecule has 178 valence electrons.